The molecule has 2 atom stereocenters. The lowest BCUT2D eigenvalue weighted by Gasteiger charge is -2.23. The molecular weight excluding hydrogens is 205 g/mol. The Hall–Kier alpha value is -0.930. The predicted octanol–water partition coefficient (Wildman–Crippen LogP) is 2.43. The SMILES string of the molecule is CNC(c1cc(C)ccc1F)C1CCOC1. The fourth-order valence-corrected chi connectivity index (χ4v) is 2.36. The van der Waals surface area contributed by atoms with Gasteiger partial charge in [-0.15, -0.1) is 0 Å². The van der Waals surface area contributed by atoms with E-state index in [1.165, 1.54) is 0 Å². The van der Waals surface area contributed by atoms with Crippen LogP contribution in [0.3, 0.4) is 0 Å². The second kappa shape index (κ2) is 4.93. The molecule has 1 aliphatic heterocycles. The van der Waals surface area contributed by atoms with Crippen LogP contribution in [0.5, 0.6) is 0 Å². The van der Waals surface area contributed by atoms with Gasteiger partial charge in [0.05, 0.1) is 6.61 Å². The number of rotatable bonds is 3. The van der Waals surface area contributed by atoms with Gasteiger partial charge in [0.2, 0.25) is 0 Å². The second-order valence-corrected chi connectivity index (χ2v) is 4.41. The summed E-state index contributed by atoms with van der Waals surface area (Å²) in [5.74, 6) is 0.248. The Balaban J connectivity index is 2.28. The summed E-state index contributed by atoms with van der Waals surface area (Å²) >= 11 is 0. The van der Waals surface area contributed by atoms with Crippen LogP contribution in [0.4, 0.5) is 4.39 Å². The standard InChI is InChI=1S/C13H18FNO/c1-9-3-4-12(14)11(7-9)13(15-2)10-5-6-16-8-10/h3-4,7,10,13,15H,5-6,8H2,1-2H3. The number of ether oxygens (including phenoxy) is 1. The second-order valence-electron chi connectivity index (χ2n) is 4.41. The first-order valence-electron chi connectivity index (χ1n) is 5.73. The Morgan fingerprint density at radius 1 is 1.50 bits per heavy atom. The molecule has 0 aromatic heterocycles. The van der Waals surface area contributed by atoms with E-state index >= 15 is 0 Å². The molecule has 0 saturated carbocycles. The third-order valence-electron chi connectivity index (χ3n) is 3.23. The van der Waals surface area contributed by atoms with Gasteiger partial charge in [-0.25, -0.2) is 4.39 Å². The summed E-state index contributed by atoms with van der Waals surface area (Å²) in [6.07, 6.45) is 0.999. The average Bonchev–Trinajstić information content (AvgIpc) is 2.78. The monoisotopic (exact) mass is 223 g/mol. The molecule has 0 aliphatic carbocycles. The highest BCUT2D eigenvalue weighted by atomic mass is 19.1. The molecule has 0 radical (unpaired) electrons. The van der Waals surface area contributed by atoms with Gasteiger partial charge in [-0.3, -0.25) is 0 Å². The minimum atomic E-state index is -0.128. The molecule has 1 saturated heterocycles. The van der Waals surface area contributed by atoms with Crippen molar-refractivity contribution < 1.29 is 9.13 Å². The molecule has 16 heavy (non-hydrogen) atoms. The van der Waals surface area contributed by atoms with E-state index in [-0.39, 0.29) is 11.9 Å². The van der Waals surface area contributed by atoms with Crippen molar-refractivity contribution in [1.82, 2.24) is 5.32 Å². The highest BCUT2D eigenvalue weighted by molar-refractivity contribution is 5.27. The maximum absolute atomic E-state index is 13.8. The summed E-state index contributed by atoms with van der Waals surface area (Å²) in [6.45, 7) is 3.50. The van der Waals surface area contributed by atoms with Gasteiger partial charge in [0.15, 0.2) is 0 Å². The third kappa shape index (κ3) is 2.25. The van der Waals surface area contributed by atoms with E-state index in [1.807, 2.05) is 20.0 Å². The quantitative estimate of drug-likeness (QED) is 0.849. The van der Waals surface area contributed by atoms with Crippen molar-refractivity contribution in [3.05, 3.63) is 35.1 Å². The van der Waals surface area contributed by atoms with E-state index in [9.17, 15) is 4.39 Å². The first kappa shape index (κ1) is 11.6. The van der Waals surface area contributed by atoms with E-state index < -0.39 is 0 Å². The number of halogens is 1. The molecular formula is C13H18FNO. The Bertz CT molecular complexity index is 361. The maximum Gasteiger partial charge on any atom is 0.128 e. The summed E-state index contributed by atoms with van der Waals surface area (Å²) in [5.41, 5.74) is 1.86. The largest absolute Gasteiger partial charge is 0.381 e. The van der Waals surface area contributed by atoms with Crippen LogP contribution in [0.25, 0.3) is 0 Å². The van der Waals surface area contributed by atoms with Crippen molar-refractivity contribution >= 4 is 0 Å². The third-order valence-corrected chi connectivity index (χ3v) is 3.23. The molecule has 1 N–H and O–H groups in total. The van der Waals surface area contributed by atoms with Gasteiger partial charge in [0.25, 0.3) is 0 Å². The molecule has 2 nitrogen and oxygen atoms in total. The van der Waals surface area contributed by atoms with Crippen LogP contribution in [-0.2, 0) is 4.74 Å². The van der Waals surface area contributed by atoms with Gasteiger partial charge < -0.3 is 10.1 Å². The number of hydrogen-bond acceptors (Lipinski definition) is 2. The highest BCUT2D eigenvalue weighted by Gasteiger charge is 2.27. The Labute approximate surface area is 95.8 Å². The van der Waals surface area contributed by atoms with E-state index in [1.54, 1.807) is 12.1 Å². The van der Waals surface area contributed by atoms with Crippen LogP contribution in [0, 0.1) is 18.7 Å². The fraction of sp³-hybridized carbons (Fsp3) is 0.538. The van der Waals surface area contributed by atoms with Crippen LogP contribution >= 0.6 is 0 Å². The summed E-state index contributed by atoms with van der Waals surface area (Å²) < 4.78 is 19.1. The minimum Gasteiger partial charge on any atom is -0.381 e. The number of benzene rings is 1. The highest BCUT2D eigenvalue weighted by Crippen LogP contribution is 2.30. The molecule has 1 fully saturated rings. The average molecular weight is 223 g/mol. The Kier molecular flexibility index (Phi) is 3.56. The zero-order valence-corrected chi connectivity index (χ0v) is 9.79. The molecule has 0 amide bonds. The van der Waals surface area contributed by atoms with Crippen molar-refractivity contribution in [1.29, 1.82) is 0 Å². The lowest BCUT2D eigenvalue weighted by molar-refractivity contribution is 0.177. The van der Waals surface area contributed by atoms with Crippen molar-refractivity contribution in [3.8, 4) is 0 Å². The normalized spacial score (nSPS) is 22.3. The lowest BCUT2D eigenvalue weighted by Crippen LogP contribution is -2.26. The van der Waals surface area contributed by atoms with Gasteiger partial charge in [0, 0.05) is 24.1 Å². The zero-order valence-electron chi connectivity index (χ0n) is 9.79. The first-order valence-corrected chi connectivity index (χ1v) is 5.73. The Morgan fingerprint density at radius 2 is 2.31 bits per heavy atom. The summed E-state index contributed by atoms with van der Waals surface area (Å²) in [5, 5.41) is 3.21. The molecule has 2 unspecified atom stereocenters. The topological polar surface area (TPSA) is 21.3 Å². The van der Waals surface area contributed by atoms with Crippen molar-refractivity contribution in [3.63, 3.8) is 0 Å². The lowest BCUT2D eigenvalue weighted by atomic mass is 9.91. The number of hydrogen-bond donors (Lipinski definition) is 1. The summed E-state index contributed by atoms with van der Waals surface area (Å²) in [4.78, 5) is 0. The maximum atomic E-state index is 13.8. The van der Waals surface area contributed by atoms with E-state index in [2.05, 4.69) is 5.32 Å². The molecule has 0 bridgehead atoms. The van der Waals surface area contributed by atoms with Crippen LogP contribution in [0.2, 0.25) is 0 Å². The molecule has 0 spiro atoms. The zero-order chi connectivity index (χ0) is 11.5. The van der Waals surface area contributed by atoms with Crippen LogP contribution in [0.1, 0.15) is 23.6 Å². The Morgan fingerprint density at radius 3 is 2.94 bits per heavy atom. The first-order chi connectivity index (χ1) is 7.72. The number of nitrogens with one attached hydrogen (secondary N) is 1. The smallest absolute Gasteiger partial charge is 0.128 e. The van der Waals surface area contributed by atoms with Crippen LogP contribution < -0.4 is 5.32 Å². The van der Waals surface area contributed by atoms with Gasteiger partial charge in [-0.1, -0.05) is 17.7 Å². The fourth-order valence-electron chi connectivity index (χ4n) is 2.36. The van der Waals surface area contributed by atoms with Crippen molar-refractivity contribution in [2.45, 2.75) is 19.4 Å². The van der Waals surface area contributed by atoms with Crippen molar-refractivity contribution in [2.24, 2.45) is 5.92 Å². The van der Waals surface area contributed by atoms with Crippen LogP contribution in [0.15, 0.2) is 18.2 Å². The van der Waals surface area contributed by atoms with Gasteiger partial charge in [0.1, 0.15) is 5.82 Å². The minimum absolute atomic E-state index is 0.0578. The van der Waals surface area contributed by atoms with Crippen molar-refractivity contribution in [2.75, 3.05) is 20.3 Å². The van der Waals surface area contributed by atoms with Gasteiger partial charge in [-0.2, -0.15) is 0 Å². The molecule has 3 heteroatoms. The molecule has 1 aromatic rings. The molecule has 88 valence electrons. The molecule has 2 rings (SSSR count). The van der Waals surface area contributed by atoms with E-state index in [0.29, 0.717) is 5.92 Å². The van der Waals surface area contributed by atoms with E-state index in [4.69, 9.17) is 4.74 Å². The molecule has 1 aliphatic rings. The number of aryl methyl sites for hydroxylation is 1. The molecule has 1 heterocycles. The predicted molar refractivity (Wildman–Crippen MR) is 61.9 cm³/mol. The summed E-state index contributed by atoms with van der Waals surface area (Å²) in [7, 11) is 1.88. The molecule has 1 aromatic carbocycles. The summed E-state index contributed by atoms with van der Waals surface area (Å²) in [6, 6.07) is 5.33. The van der Waals surface area contributed by atoms with Gasteiger partial charge >= 0.3 is 0 Å². The van der Waals surface area contributed by atoms with Gasteiger partial charge in [-0.05, 0) is 26.5 Å². The van der Waals surface area contributed by atoms with Crippen LogP contribution in [-0.4, -0.2) is 20.3 Å². The van der Waals surface area contributed by atoms with E-state index in [0.717, 1.165) is 30.8 Å².